The molecule has 0 atom stereocenters. The van der Waals surface area contributed by atoms with Crippen LogP contribution >= 0.6 is 0 Å². The van der Waals surface area contributed by atoms with Crippen molar-refractivity contribution in [3.8, 4) is 11.5 Å². The van der Waals surface area contributed by atoms with Gasteiger partial charge < -0.3 is 14.2 Å². The fraction of sp³-hybridized carbons (Fsp3) is 0.238. The molecule has 156 valence electrons. The average Bonchev–Trinajstić information content (AvgIpc) is 2.74. The number of methoxy groups -OCH3 is 1. The number of amides is 2. The van der Waals surface area contributed by atoms with Crippen LogP contribution in [-0.4, -0.2) is 37.1 Å². The third-order valence-corrected chi connectivity index (χ3v) is 4.45. The van der Waals surface area contributed by atoms with Crippen LogP contribution in [0.15, 0.2) is 42.7 Å². The zero-order valence-electron chi connectivity index (χ0n) is 16.7. The summed E-state index contributed by atoms with van der Waals surface area (Å²) in [7, 11) is 1.45. The van der Waals surface area contributed by atoms with Crippen LogP contribution in [0.2, 0.25) is 0 Å². The van der Waals surface area contributed by atoms with E-state index >= 15 is 0 Å². The minimum atomic E-state index is -0.724. The topological polar surface area (TPSA) is 108 Å². The van der Waals surface area contributed by atoms with Crippen molar-refractivity contribution < 1.29 is 28.7 Å². The lowest BCUT2D eigenvalue weighted by atomic mass is 9.93. The highest BCUT2D eigenvalue weighted by molar-refractivity contribution is 6.41. The van der Waals surface area contributed by atoms with Gasteiger partial charge in [-0.15, -0.1) is 0 Å². The molecule has 0 fully saturated rings. The van der Waals surface area contributed by atoms with Crippen molar-refractivity contribution in [2.45, 2.75) is 13.8 Å². The molecule has 0 bridgehead atoms. The van der Waals surface area contributed by atoms with Gasteiger partial charge in [0.15, 0.2) is 0 Å². The largest absolute Gasteiger partial charge is 0.501 e. The Bertz CT molecular complexity index is 1050. The first kappa shape index (κ1) is 20.8. The zero-order chi connectivity index (χ0) is 21.8. The normalized spacial score (nSPS) is 14.5. The highest BCUT2D eigenvalue weighted by Gasteiger charge is 2.39. The number of ether oxygens (including phenoxy) is 3. The second-order valence-corrected chi connectivity index (χ2v) is 6.18. The summed E-state index contributed by atoms with van der Waals surface area (Å²) in [5, 5.41) is 11.7. The Morgan fingerprint density at radius 3 is 2.37 bits per heavy atom. The van der Waals surface area contributed by atoms with Gasteiger partial charge in [0.25, 0.3) is 17.5 Å². The lowest BCUT2D eigenvalue weighted by Crippen LogP contribution is -2.42. The molecule has 1 aliphatic heterocycles. The summed E-state index contributed by atoms with van der Waals surface area (Å²) in [5.41, 5.74) is 0.0588. The van der Waals surface area contributed by atoms with Gasteiger partial charge in [0.05, 0.1) is 48.7 Å². The van der Waals surface area contributed by atoms with Crippen molar-refractivity contribution in [1.82, 2.24) is 0 Å². The van der Waals surface area contributed by atoms with E-state index in [1.54, 1.807) is 26.0 Å². The SMILES string of the molecule is CCO/C=C1/C(=O)N(c2ccc(OCC)cc2[N+](=O)[O-])C(=O)c2cc(OC)ccc21. The summed E-state index contributed by atoms with van der Waals surface area (Å²) in [4.78, 5) is 38.2. The van der Waals surface area contributed by atoms with E-state index in [9.17, 15) is 19.7 Å². The third-order valence-electron chi connectivity index (χ3n) is 4.45. The Morgan fingerprint density at radius 2 is 1.73 bits per heavy atom. The molecule has 9 nitrogen and oxygen atoms in total. The average molecular weight is 412 g/mol. The van der Waals surface area contributed by atoms with Gasteiger partial charge in [-0.25, -0.2) is 4.90 Å². The number of carbonyl (C=O) groups is 2. The molecule has 2 aromatic rings. The first-order chi connectivity index (χ1) is 14.4. The van der Waals surface area contributed by atoms with Gasteiger partial charge in [-0.1, -0.05) is 0 Å². The predicted molar refractivity (Wildman–Crippen MR) is 109 cm³/mol. The van der Waals surface area contributed by atoms with Crippen LogP contribution in [0.1, 0.15) is 29.8 Å². The van der Waals surface area contributed by atoms with E-state index < -0.39 is 22.4 Å². The van der Waals surface area contributed by atoms with Gasteiger partial charge in [-0.05, 0) is 44.2 Å². The maximum absolute atomic E-state index is 13.2. The van der Waals surface area contributed by atoms with E-state index in [0.29, 0.717) is 24.5 Å². The molecule has 30 heavy (non-hydrogen) atoms. The summed E-state index contributed by atoms with van der Waals surface area (Å²) in [6.45, 7) is 4.11. The van der Waals surface area contributed by atoms with E-state index in [1.165, 1.54) is 37.6 Å². The van der Waals surface area contributed by atoms with Crippen molar-refractivity contribution in [2.75, 3.05) is 25.2 Å². The number of nitro groups is 1. The second-order valence-electron chi connectivity index (χ2n) is 6.18. The molecule has 1 aliphatic rings. The van der Waals surface area contributed by atoms with Gasteiger partial charge in [-0.2, -0.15) is 0 Å². The van der Waals surface area contributed by atoms with Gasteiger partial charge in [0, 0.05) is 5.56 Å². The summed E-state index contributed by atoms with van der Waals surface area (Å²) in [6.07, 6.45) is 1.26. The smallest absolute Gasteiger partial charge is 0.297 e. The molecule has 2 amide bonds. The maximum Gasteiger partial charge on any atom is 0.297 e. The number of carbonyl (C=O) groups excluding carboxylic acids is 2. The molecule has 0 saturated heterocycles. The number of hydrogen-bond donors (Lipinski definition) is 0. The summed E-state index contributed by atoms with van der Waals surface area (Å²) >= 11 is 0. The van der Waals surface area contributed by atoms with Crippen molar-refractivity contribution in [3.63, 3.8) is 0 Å². The Kier molecular flexibility index (Phi) is 6.01. The second kappa shape index (κ2) is 8.64. The van der Waals surface area contributed by atoms with Crippen LogP contribution in [0.3, 0.4) is 0 Å². The van der Waals surface area contributed by atoms with Crippen LogP contribution in [-0.2, 0) is 9.53 Å². The molecule has 9 heteroatoms. The van der Waals surface area contributed by atoms with E-state index in [0.717, 1.165) is 4.90 Å². The van der Waals surface area contributed by atoms with Crippen LogP contribution in [0.4, 0.5) is 11.4 Å². The molecular weight excluding hydrogens is 392 g/mol. The molecular formula is C21H20N2O7. The van der Waals surface area contributed by atoms with Gasteiger partial charge in [0.2, 0.25) is 0 Å². The molecule has 0 spiro atoms. The quantitative estimate of drug-likeness (QED) is 0.225. The van der Waals surface area contributed by atoms with Crippen LogP contribution in [0.5, 0.6) is 11.5 Å². The molecule has 0 N–H and O–H groups in total. The Hall–Kier alpha value is -3.88. The fourth-order valence-electron chi connectivity index (χ4n) is 3.10. The number of anilines is 1. The minimum absolute atomic E-state index is 0.109. The van der Waals surface area contributed by atoms with Crippen LogP contribution in [0.25, 0.3) is 5.57 Å². The maximum atomic E-state index is 13.2. The van der Waals surface area contributed by atoms with Crippen molar-refractivity contribution in [2.24, 2.45) is 0 Å². The highest BCUT2D eigenvalue weighted by atomic mass is 16.6. The Balaban J connectivity index is 2.21. The molecule has 3 rings (SSSR count). The minimum Gasteiger partial charge on any atom is -0.501 e. The molecule has 2 aromatic carbocycles. The number of nitro benzene ring substituents is 1. The van der Waals surface area contributed by atoms with Crippen LogP contribution < -0.4 is 14.4 Å². The van der Waals surface area contributed by atoms with Gasteiger partial charge in [0.1, 0.15) is 17.2 Å². The molecule has 1 heterocycles. The van der Waals surface area contributed by atoms with E-state index in [1.807, 2.05) is 0 Å². The fourth-order valence-corrected chi connectivity index (χ4v) is 3.10. The number of hydrogen-bond acceptors (Lipinski definition) is 7. The van der Waals surface area contributed by atoms with Crippen LogP contribution in [0, 0.1) is 10.1 Å². The monoisotopic (exact) mass is 412 g/mol. The van der Waals surface area contributed by atoms with Gasteiger partial charge >= 0.3 is 0 Å². The predicted octanol–water partition coefficient (Wildman–Crippen LogP) is 3.57. The van der Waals surface area contributed by atoms with Crippen molar-refractivity contribution in [1.29, 1.82) is 0 Å². The Labute approximate surface area is 172 Å². The molecule has 0 radical (unpaired) electrons. The number of rotatable bonds is 7. The summed E-state index contributed by atoms with van der Waals surface area (Å²) < 4.78 is 15.8. The number of fused-ring (bicyclic) bond motifs is 1. The van der Waals surface area contributed by atoms with E-state index in [4.69, 9.17) is 14.2 Å². The number of imide groups is 1. The lowest BCUT2D eigenvalue weighted by Gasteiger charge is -2.28. The third kappa shape index (κ3) is 3.69. The molecule has 0 unspecified atom stereocenters. The lowest BCUT2D eigenvalue weighted by molar-refractivity contribution is -0.384. The van der Waals surface area contributed by atoms with E-state index in [-0.39, 0.29) is 22.6 Å². The van der Waals surface area contributed by atoms with Gasteiger partial charge in [-0.3, -0.25) is 19.7 Å². The van der Waals surface area contributed by atoms with E-state index in [2.05, 4.69) is 0 Å². The number of nitrogens with zero attached hydrogens (tertiary/aromatic N) is 2. The first-order valence-electron chi connectivity index (χ1n) is 9.23. The number of benzene rings is 2. The van der Waals surface area contributed by atoms with Crippen molar-refractivity contribution in [3.05, 3.63) is 63.9 Å². The molecule has 0 aliphatic carbocycles. The molecule has 0 saturated carbocycles. The zero-order valence-corrected chi connectivity index (χ0v) is 16.7. The standard InChI is InChI=1S/C21H20N2O7/c1-4-29-12-17-15-8-6-13(28-3)10-16(15)20(24)22(21(17)25)18-9-7-14(30-5-2)11-19(18)23(26)27/h6-12H,4-5H2,1-3H3/b17-12+. The Morgan fingerprint density at radius 1 is 1.00 bits per heavy atom. The summed E-state index contributed by atoms with van der Waals surface area (Å²) in [6, 6.07) is 8.67. The summed E-state index contributed by atoms with van der Waals surface area (Å²) in [5.74, 6) is -0.751. The highest BCUT2D eigenvalue weighted by Crippen LogP contribution is 2.39. The first-order valence-corrected chi connectivity index (χ1v) is 9.23. The van der Waals surface area contributed by atoms with Crippen molar-refractivity contribution >= 4 is 28.8 Å². The molecule has 0 aromatic heterocycles.